The summed E-state index contributed by atoms with van der Waals surface area (Å²) in [5.74, 6) is 0.0168. The van der Waals surface area contributed by atoms with Gasteiger partial charge < -0.3 is 16.0 Å². The monoisotopic (exact) mass is 1230 g/mol. The summed E-state index contributed by atoms with van der Waals surface area (Å²) in [4.78, 5) is 93.9. The van der Waals surface area contributed by atoms with Crippen molar-refractivity contribution in [2.75, 3.05) is 14.7 Å². The Balaban J connectivity index is 0.872. The van der Waals surface area contributed by atoms with E-state index in [4.69, 9.17) is 19.3 Å². The second kappa shape index (κ2) is 28.5. The Morgan fingerprint density at radius 3 is 1.58 bits per heavy atom. The standard InChI is InChI=1S/C76H68F3N7O6/c1-4-68(87)84(58-45-53-19-13-16-29-65(53)80-47-58)71(51-35-40-54(77)41-36-51)74(90)83-57-42-37-49(38-43-57)59-25-17-27-61-60(59)26-18-30-66(61)85(69(88)5-2)72(75(91)81-55-20-9-7-10-21-55)50-33-31-48(32-34-50)52-39-44-67(64(79)46-52)86(70(89)6-3)73(62-24-14-15-28-63(62)78)76(92)82-56-22-11-8-12-23-56/h1-3,13-19,24-36,39-41,44-47,49,55-57,71-73H,7-12,20-23,37-38,42-43H2,(H,81,91)(H,82,92)(H,83,90). The number of pyridine rings is 1. The molecule has 3 unspecified atom stereocenters. The molecule has 16 heteroatoms. The van der Waals surface area contributed by atoms with Crippen molar-refractivity contribution in [3.05, 3.63) is 204 Å². The lowest BCUT2D eigenvalue weighted by Gasteiger charge is -2.34. The van der Waals surface area contributed by atoms with Crippen LogP contribution in [0.15, 0.2) is 164 Å². The van der Waals surface area contributed by atoms with Crippen molar-refractivity contribution in [2.24, 2.45) is 0 Å². The molecule has 8 aromatic rings. The van der Waals surface area contributed by atoms with Gasteiger partial charge in [-0.15, -0.1) is 19.3 Å². The summed E-state index contributed by atoms with van der Waals surface area (Å²) in [5, 5.41) is 11.6. The zero-order chi connectivity index (χ0) is 64.4. The largest absolute Gasteiger partial charge is 0.351 e. The van der Waals surface area contributed by atoms with Crippen molar-refractivity contribution in [1.29, 1.82) is 0 Å². The molecule has 0 bridgehead atoms. The second-order valence-corrected chi connectivity index (χ2v) is 23.9. The lowest BCUT2D eigenvalue weighted by Crippen LogP contribution is -2.47. The lowest BCUT2D eigenvalue weighted by molar-refractivity contribution is -0.126. The van der Waals surface area contributed by atoms with Gasteiger partial charge in [-0.2, -0.15) is 0 Å². The number of hydrogen-bond acceptors (Lipinski definition) is 7. The molecule has 3 aliphatic rings. The number of anilines is 3. The van der Waals surface area contributed by atoms with Crippen molar-refractivity contribution in [1.82, 2.24) is 20.9 Å². The molecule has 0 saturated heterocycles. The van der Waals surface area contributed by atoms with E-state index < -0.39 is 71.0 Å². The Kier molecular flexibility index (Phi) is 19.6. The first-order valence-electron chi connectivity index (χ1n) is 31.3. The Labute approximate surface area is 533 Å². The fraction of sp³-hybridized carbons (Fsp3) is 0.276. The minimum Gasteiger partial charge on any atom is -0.351 e. The third-order valence-corrected chi connectivity index (χ3v) is 18.2. The van der Waals surface area contributed by atoms with Gasteiger partial charge in [-0.1, -0.05) is 148 Å². The summed E-state index contributed by atoms with van der Waals surface area (Å²) in [5.41, 5.74) is 3.45. The van der Waals surface area contributed by atoms with Gasteiger partial charge in [0.25, 0.3) is 0 Å². The highest BCUT2D eigenvalue weighted by atomic mass is 19.1. The first-order valence-corrected chi connectivity index (χ1v) is 31.3. The summed E-state index contributed by atoms with van der Waals surface area (Å²) >= 11 is 0. The van der Waals surface area contributed by atoms with E-state index in [1.165, 1.54) is 70.6 Å². The summed E-state index contributed by atoms with van der Waals surface area (Å²) < 4.78 is 46.9. The van der Waals surface area contributed by atoms with Gasteiger partial charge in [0.1, 0.15) is 35.6 Å². The van der Waals surface area contributed by atoms with E-state index in [2.05, 4.69) is 32.8 Å². The zero-order valence-electron chi connectivity index (χ0n) is 50.6. The third kappa shape index (κ3) is 13.6. The van der Waals surface area contributed by atoms with Crippen molar-refractivity contribution in [3.8, 4) is 48.2 Å². The van der Waals surface area contributed by atoms with Crippen molar-refractivity contribution in [3.63, 3.8) is 0 Å². The number of nitrogens with one attached hydrogen (secondary N) is 3. The maximum Gasteiger partial charge on any atom is 0.303 e. The lowest BCUT2D eigenvalue weighted by atomic mass is 9.80. The normalized spacial score (nSPS) is 16.9. The molecular formula is C76H68F3N7O6. The van der Waals surface area contributed by atoms with Crippen LogP contribution in [0.4, 0.5) is 30.2 Å². The predicted molar refractivity (Wildman–Crippen MR) is 351 cm³/mol. The second-order valence-electron chi connectivity index (χ2n) is 23.9. The van der Waals surface area contributed by atoms with Crippen LogP contribution in [0.1, 0.15) is 136 Å². The molecule has 7 aromatic carbocycles. The van der Waals surface area contributed by atoms with Crippen molar-refractivity contribution >= 4 is 74.2 Å². The summed E-state index contributed by atoms with van der Waals surface area (Å²) in [7, 11) is 0. The van der Waals surface area contributed by atoms with E-state index in [1.54, 1.807) is 42.5 Å². The predicted octanol–water partition coefficient (Wildman–Crippen LogP) is 13.3. The van der Waals surface area contributed by atoms with Gasteiger partial charge in [0.15, 0.2) is 0 Å². The quantitative estimate of drug-likeness (QED) is 0.0765. The van der Waals surface area contributed by atoms with Crippen molar-refractivity contribution < 1.29 is 41.9 Å². The van der Waals surface area contributed by atoms with E-state index >= 15 is 13.6 Å². The van der Waals surface area contributed by atoms with Crippen LogP contribution in [0, 0.1) is 54.5 Å². The van der Waals surface area contributed by atoms with E-state index in [0.29, 0.717) is 83.1 Å². The molecule has 0 aliphatic heterocycles. The van der Waals surface area contributed by atoms with Crippen LogP contribution in [0.2, 0.25) is 0 Å². The molecule has 0 radical (unpaired) electrons. The molecule has 1 heterocycles. The highest BCUT2D eigenvalue weighted by Crippen LogP contribution is 2.43. The van der Waals surface area contributed by atoms with Gasteiger partial charge in [0.2, 0.25) is 17.7 Å². The molecule has 3 fully saturated rings. The number of nitrogens with zero attached hydrogens (tertiary/aromatic N) is 4. The van der Waals surface area contributed by atoms with Gasteiger partial charge in [0, 0.05) is 34.5 Å². The number of benzene rings is 7. The first-order chi connectivity index (χ1) is 44.7. The number of terminal acetylenes is 3. The number of aromatic nitrogens is 1. The van der Waals surface area contributed by atoms with Crippen LogP contribution < -0.4 is 30.7 Å². The van der Waals surface area contributed by atoms with Gasteiger partial charge in [0.05, 0.1) is 28.8 Å². The van der Waals surface area contributed by atoms with E-state index in [-0.39, 0.29) is 35.3 Å². The van der Waals surface area contributed by atoms with Crippen LogP contribution in [0.25, 0.3) is 32.8 Å². The first kappa shape index (κ1) is 63.1. The molecule has 464 valence electrons. The van der Waals surface area contributed by atoms with Gasteiger partial charge in [-0.05, 0) is 157 Å². The molecule has 13 nitrogen and oxygen atoms in total. The topological polar surface area (TPSA) is 161 Å². The van der Waals surface area contributed by atoms with E-state index in [9.17, 15) is 28.4 Å². The fourth-order valence-electron chi connectivity index (χ4n) is 13.6. The molecule has 3 N–H and O–H groups in total. The van der Waals surface area contributed by atoms with Crippen LogP contribution in [-0.2, 0) is 28.8 Å². The third-order valence-electron chi connectivity index (χ3n) is 18.2. The molecule has 0 spiro atoms. The van der Waals surface area contributed by atoms with Crippen LogP contribution >= 0.6 is 0 Å². The number of amides is 6. The summed E-state index contributed by atoms with van der Waals surface area (Å²) in [6, 6.07) is 37.2. The summed E-state index contributed by atoms with van der Waals surface area (Å²) in [6.07, 6.45) is 29.9. The fourth-order valence-corrected chi connectivity index (χ4v) is 13.6. The summed E-state index contributed by atoms with van der Waals surface area (Å²) in [6.45, 7) is 0. The Morgan fingerprint density at radius 1 is 0.457 bits per heavy atom. The zero-order valence-corrected chi connectivity index (χ0v) is 50.6. The van der Waals surface area contributed by atoms with Crippen LogP contribution in [-0.4, -0.2) is 58.6 Å². The van der Waals surface area contributed by atoms with E-state index in [1.807, 2.05) is 60.5 Å². The molecule has 92 heavy (non-hydrogen) atoms. The number of fused-ring (bicyclic) bond motifs is 2. The maximum absolute atomic E-state index is 16.9. The average molecular weight is 1230 g/mol. The average Bonchev–Trinajstić information content (AvgIpc) is 0.796. The number of hydrogen-bond donors (Lipinski definition) is 3. The number of rotatable bonds is 17. The SMILES string of the molecule is C#CC(=O)N(c1cnc2ccccc2c1)C(C(=O)NC1CCC(c2cccc3c(N(C(=O)C#C)C(C(=O)NC4CCCCC4)c4ccc(-c5ccc(N(C(=O)C#C)C(C(=O)NC6CCCCC6)c6ccccc6F)c(F)c5)cc4)cccc23)CC1)c1ccc(F)cc1. The molecule has 3 aliphatic carbocycles. The molecule has 3 saturated carbocycles. The van der Waals surface area contributed by atoms with Crippen LogP contribution in [0.5, 0.6) is 0 Å². The minimum atomic E-state index is -1.65. The number of halogens is 3. The Hall–Kier alpha value is -10.5. The van der Waals surface area contributed by atoms with Gasteiger partial charge in [-0.25, -0.2) is 13.2 Å². The minimum absolute atomic E-state index is 0.00765. The molecule has 3 atom stereocenters. The van der Waals surface area contributed by atoms with Gasteiger partial charge in [-0.3, -0.25) is 48.5 Å². The van der Waals surface area contributed by atoms with Crippen LogP contribution in [0.3, 0.4) is 0 Å². The van der Waals surface area contributed by atoms with Crippen molar-refractivity contribution in [2.45, 2.75) is 132 Å². The maximum atomic E-state index is 16.9. The Morgan fingerprint density at radius 2 is 0.967 bits per heavy atom. The number of carbonyl (C=O) groups excluding carboxylic acids is 6. The smallest absolute Gasteiger partial charge is 0.303 e. The Bertz CT molecular complexity index is 4230. The molecule has 1 aromatic heterocycles. The molecule has 11 rings (SSSR count). The highest BCUT2D eigenvalue weighted by molar-refractivity contribution is 6.15. The van der Waals surface area contributed by atoms with E-state index in [0.717, 1.165) is 78.7 Å². The number of carbonyl (C=O) groups is 6. The highest BCUT2D eigenvalue weighted by Gasteiger charge is 2.39. The molecular weight excluding hydrogens is 1160 g/mol. The molecule has 6 amide bonds. The number of para-hydroxylation sites is 1. The van der Waals surface area contributed by atoms with Gasteiger partial charge >= 0.3 is 17.7 Å².